The fourth-order valence-corrected chi connectivity index (χ4v) is 3.03. The molecule has 24 heavy (non-hydrogen) atoms. The second-order valence-electron chi connectivity index (χ2n) is 5.43. The molecule has 1 unspecified atom stereocenters. The fraction of sp³-hybridized carbons (Fsp3) is 0.353. The number of rotatable bonds is 8. The van der Waals surface area contributed by atoms with Crippen molar-refractivity contribution in [2.45, 2.75) is 38.6 Å². The van der Waals surface area contributed by atoms with E-state index >= 15 is 0 Å². The Morgan fingerprint density at radius 2 is 2.21 bits per heavy atom. The number of unbranched alkanes of at least 4 members (excludes halogenated alkanes) is 1. The largest absolute Gasteiger partial charge is 0.480 e. The van der Waals surface area contributed by atoms with Crippen LogP contribution in [0.3, 0.4) is 0 Å². The summed E-state index contributed by atoms with van der Waals surface area (Å²) in [4.78, 5) is 27.5. The van der Waals surface area contributed by atoms with E-state index in [1.54, 1.807) is 17.5 Å². The van der Waals surface area contributed by atoms with Crippen LogP contribution in [0.4, 0.5) is 4.39 Å². The van der Waals surface area contributed by atoms with Crippen molar-refractivity contribution in [1.82, 2.24) is 10.3 Å². The SMILES string of the molecule is CCCCC(NC(=O)Cc1csc(-c2cccc(F)c2)n1)C(=O)O. The monoisotopic (exact) mass is 350 g/mol. The minimum atomic E-state index is -1.03. The highest BCUT2D eigenvalue weighted by Crippen LogP contribution is 2.24. The maximum Gasteiger partial charge on any atom is 0.326 e. The molecule has 0 bridgehead atoms. The smallest absolute Gasteiger partial charge is 0.326 e. The van der Waals surface area contributed by atoms with Gasteiger partial charge in [0.15, 0.2) is 0 Å². The van der Waals surface area contributed by atoms with Crippen molar-refractivity contribution in [2.75, 3.05) is 0 Å². The second-order valence-corrected chi connectivity index (χ2v) is 6.29. The summed E-state index contributed by atoms with van der Waals surface area (Å²) in [5.41, 5.74) is 1.19. The third kappa shape index (κ3) is 5.13. The van der Waals surface area contributed by atoms with Gasteiger partial charge in [0.25, 0.3) is 0 Å². The van der Waals surface area contributed by atoms with E-state index in [-0.39, 0.29) is 18.1 Å². The maximum atomic E-state index is 13.2. The van der Waals surface area contributed by atoms with Crippen LogP contribution in [-0.2, 0) is 16.0 Å². The molecule has 1 heterocycles. The van der Waals surface area contributed by atoms with Crippen molar-refractivity contribution >= 4 is 23.2 Å². The minimum absolute atomic E-state index is 0.00171. The number of halogens is 1. The van der Waals surface area contributed by atoms with Gasteiger partial charge in [-0.1, -0.05) is 31.9 Å². The molecule has 2 rings (SSSR count). The summed E-state index contributed by atoms with van der Waals surface area (Å²) in [6.07, 6.45) is 2.01. The molecule has 1 amide bonds. The molecule has 0 aliphatic heterocycles. The van der Waals surface area contributed by atoms with Gasteiger partial charge in [-0.25, -0.2) is 14.2 Å². The van der Waals surface area contributed by atoms with Crippen LogP contribution in [0, 0.1) is 5.82 Å². The van der Waals surface area contributed by atoms with E-state index in [0.29, 0.717) is 22.7 Å². The standard InChI is InChI=1S/C17H19FN2O3S/c1-2-3-7-14(17(22)23)20-15(21)9-13-10-24-16(19-13)11-5-4-6-12(18)8-11/h4-6,8,10,14H,2-3,7,9H2,1H3,(H,20,21)(H,22,23). The van der Waals surface area contributed by atoms with Crippen LogP contribution in [0.15, 0.2) is 29.6 Å². The Morgan fingerprint density at radius 3 is 2.88 bits per heavy atom. The molecule has 128 valence electrons. The lowest BCUT2D eigenvalue weighted by Crippen LogP contribution is -2.41. The summed E-state index contributed by atoms with van der Waals surface area (Å²) in [5, 5.41) is 14.0. The van der Waals surface area contributed by atoms with Gasteiger partial charge in [-0.15, -0.1) is 11.3 Å². The van der Waals surface area contributed by atoms with Crippen LogP contribution in [0.2, 0.25) is 0 Å². The molecule has 1 aromatic carbocycles. The van der Waals surface area contributed by atoms with Crippen LogP contribution in [0.1, 0.15) is 31.9 Å². The normalized spacial score (nSPS) is 11.9. The molecular weight excluding hydrogens is 331 g/mol. The predicted molar refractivity (Wildman–Crippen MR) is 90.3 cm³/mol. The minimum Gasteiger partial charge on any atom is -0.480 e. The van der Waals surface area contributed by atoms with E-state index < -0.39 is 12.0 Å². The molecule has 5 nitrogen and oxygen atoms in total. The molecule has 0 aliphatic carbocycles. The number of carbonyl (C=O) groups is 2. The summed E-state index contributed by atoms with van der Waals surface area (Å²) >= 11 is 1.32. The number of hydrogen-bond acceptors (Lipinski definition) is 4. The summed E-state index contributed by atoms with van der Waals surface area (Å²) < 4.78 is 13.2. The zero-order valence-electron chi connectivity index (χ0n) is 13.3. The molecule has 0 fully saturated rings. The third-order valence-electron chi connectivity index (χ3n) is 3.44. The van der Waals surface area contributed by atoms with Crippen LogP contribution in [0.25, 0.3) is 10.6 Å². The van der Waals surface area contributed by atoms with E-state index in [2.05, 4.69) is 10.3 Å². The van der Waals surface area contributed by atoms with Gasteiger partial charge in [0.1, 0.15) is 16.9 Å². The second kappa shape index (κ2) is 8.54. The predicted octanol–water partition coefficient (Wildman–Crippen LogP) is 3.25. The summed E-state index contributed by atoms with van der Waals surface area (Å²) in [7, 11) is 0. The fourth-order valence-electron chi connectivity index (χ4n) is 2.22. The first kappa shape index (κ1) is 18.1. The zero-order chi connectivity index (χ0) is 17.5. The lowest BCUT2D eigenvalue weighted by Gasteiger charge is -2.13. The van der Waals surface area contributed by atoms with E-state index in [1.165, 1.54) is 23.5 Å². The van der Waals surface area contributed by atoms with Crippen molar-refractivity contribution < 1.29 is 19.1 Å². The first-order valence-corrected chi connectivity index (χ1v) is 8.60. The highest BCUT2D eigenvalue weighted by molar-refractivity contribution is 7.13. The van der Waals surface area contributed by atoms with Crippen LogP contribution < -0.4 is 5.32 Å². The highest BCUT2D eigenvalue weighted by Gasteiger charge is 2.20. The number of carboxylic acid groups (broad SMARTS) is 1. The number of benzene rings is 1. The summed E-state index contributed by atoms with van der Waals surface area (Å²) in [5.74, 6) is -1.76. The number of carbonyl (C=O) groups excluding carboxylic acids is 1. The number of thiazole rings is 1. The molecule has 0 saturated carbocycles. The van der Waals surface area contributed by atoms with Crippen molar-refractivity contribution in [3.63, 3.8) is 0 Å². The van der Waals surface area contributed by atoms with Crippen LogP contribution in [-0.4, -0.2) is 28.0 Å². The van der Waals surface area contributed by atoms with Crippen LogP contribution in [0.5, 0.6) is 0 Å². The number of carboxylic acids is 1. The van der Waals surface area contributed by atoms with Gasteiger partial charge in [0.2, 0.25) is 5.91 Å². The van der Waals surface area contributed by atoms with Gasteiger partial charge < -0.3 is 10.4 Å². The summed E-state index contributed by atoms with van der Waals surface area (Å²) in [6, 6.07) is 5.21. The number of aromatic nitrogens is 1. The molecule has 0 saturated heterocycles. The quantitative estimate of drug-likeness (QED) is 0.766. The molecule has 0 radical (unpaired) electrons. The Bertz CT molecular complexity index is 717. The maximum absolute atomic E-state index is 13.2. The van der Waals surface area contributed by atoms with E-state index in [9.17, 15) is 14.0 Å². The number of amides is 1. The molecule has 0 aliphatic rings. The van der Waals surface area contributed by atoms with Gasteiger partial charge >= 0.3 is 5.97 Å². The van der Waals surface area contributed by atoms with E-state index in [4.69, 9.17) is 5.11 Å². The van der Waals surface area contributed by atoms with Gasteiger partial charge in [0.05, 0.1) is 12.1 Å². The first-order chi connectivity index (χ1) is 11.5. The Hall–Kier alpha value is -2.28. The molecule has 1 aromatic heterocycles. The highest BCUT2D eigenvalue weighted by atomic mass is 32.1. The number of hydrogen-bond donors (Lipinski definition) is 2. The van der Waals surface area contributed by atoms with Crippen LogP contribution >= 0.6 is 11.3 Å². The lowest BCUT2D eigenvalue weighted by molar-refractivity contribution is -0.142. The first-order valence-electron chi connectivity index (χ1n) is 7.72. The Kier molecular flexibility index (Phi) is 6.43. The van der Waals surface area contributed by atoms with E-state index in [1.807, 2.05) is 6.92 Å². The number of nitrogens with zero attached hydrogens (tertiary/aromatic N) is 1. The average molecular weight is 350 g/mol. The molecule has 0 spiro atoms. The number of aliphatic carboxylic acids is 1. The topological polar surface area (TPSA) is 79.3 Å². The van der Waals surface area contributed by atoms with Crippen molar-refractivity contribution in [1.29, 1.82) is 0 Å². The lowest BCUT2D eigenvalue weighted by atomic mass is 10.1. The van der Waals surface area contributed by atoms with Crippen molar-refractivity contribution in [3.8, 4) is 10.6 Å². The van der Waals surface area contributed by atoms with Gasteiger partial charge in [0, 0.05) is 10.9 Å². The molecule has 2 N–H and O–H groups in total. The Morgan fingerprint density at radius 1 is 1.42 bits per heavy atom. The van der Waals surface area contributed by atoms with Gasteiger partial charge in [-0.3, -0.25) is 4.79 Å². The number of nitrogens with one attached hydrogen (secondary N) is 1. The molecule has 1 atom stereocenters. The van der Waals surface area contributed by atoms with Crippen molar-refractivity contribution in [3.05, 3.63) is 41.2 Å². The molecule has 2 aromatic rings. The van der Waals surface area contributed by atoms with Gasteiger partial charge in [-0.2, -0.15) is 0 Å². The third-order valence-corrected chi connectivity index (χ3v) is 4.38. The Balaban J connectivity index is 1.98. The van der Waals surface area contributed by atoms with Gasteiger partial charge in [-0.05, 0) is 18.6 Å². The van der Waals surface area contributed by atoms with E-state index in [0.717, 1.165) is 12.8 Å². The zero-order valence-corrected chi connectivity index (χ0v) is 14.1. The molecule has 7 heteroatoms. The Labute approximate surface area is 143 Å². The van der Waals surface area contributed by atoms with Crippen molar-refractivity contribution in [2.24, 2.45) is 0 Å². The molecular formula is C17H19FN2O3S. The summed E-state index contributed by atoms with van der Waals surface area (Å²) in [6.45, 7) is 1.96. The average Bonchev–Trinajstić information content (AvgIpc) is 2.99.